The summed E-state index contributed by atoms with van der Waals surface area (Å²) in [6.45, 7) is 0. The number of guanidine groups is 1. The highest BCUT2D eigenvalue weighted by Crippen LogP contribution is 2.30. The van der Waals surface area contributed by atoms with Crippen LogP contribution in [0.15, 0.2) is 24.3 Å². The largest absolute Gasteiger partial charge is 0.370 e. The minimum absolute atomic E-state index is 0.0571. The van der Waals surface area contributed by atoms with E-state index in [0.717, 1.165) is 12.8 Å². The van der Waals surface area contributed by atoms with E-state index in [1.54, 1.807) is 0 Å². The van der Waals surface area contributed by atoms with Gasteiger partial charge in [0.2, 0.25) is 0 Å². The van der Waals surface area contributed by atoms with Crippen molar-refractivity contribution < 1.29 is 0 Å². The quantitative estimate of drug-likeness (QED) is 0.443. The van der Waals surface area contributed by atoms with Gasteiger partial charge in [0.05, 0.1) is 6.04 Å². The molecule has 0 bridgehead atoms. The molecule has 2 rings (SSSR count). The minimum Gasteiger partial charge on any atom is -0.370 e. The molecule has 1 aromatic carbocycles. The first kappa shape index (κ1) is 8.10. The van der Waals surface area contributed by atoms with Gasteiger partial charge in [0.25, 0.3) is 0 Å². The lowest BCUT2D eigenvalue weighted by atomic mass is 10.1. The molecule has 1 aliphatic carbocycles. The second-order valence-electron chi connectivity index (χ2n) is 3.35. The molecule has 1 atom stereocenters. The van der Waals surface area contributed by atoms with Crippen LogP contribution in [0.5, 0.6) is 0 Å². The first-order valence-electron chi connectivity index (χ1n) is 4.46. The van der Waals surface area contributed by atoms with Crippen LogP contribution in [0.4, 0.5) is 0 Å². The molecule has 0 saturated carbocycles. The average Bonchev–Trinajstić information content (AvgIpc) is 2.48. The summed E-state index contributed by atoms with van der Waals surface area (Å²) in [5.41, 5.74) is 7.97. The minimum atomic E-state index is 0.0571. The van der Waals surface area contributed by atoms with Gasteiger partial charge in [-0.1, -0.05) is 24.3 Å². The van der Waals surface area contributed by atoms with Crippen LogP contribution in [-0.4, -0.2) is 5.96 Å². The zero-order chi connectivity index (χ0) is 9.26. The molecule has 0 heterocycles. The molecule has 1 aliphatic rings. The standard InChI is InChI=1S/C10H13N3/c11-10(12)13-9-6-5-7-3-1-2-4-8(7)9/h1-4,9H,5-6H2,(H4,11,12,13). The molecule has 0 spiro atoms. The fourth-order valence-electron chi connectivity index (χ4n) is 1.89. The van der Waals surface area contributed by atoms with Gasteiger partial charge in [-0.15, -0.1) is 0 Å². The Hall–Kier alpha value is -1.51. The van der Waals surface area contributed by atoms with Crippen LogP contribution < -0.4 is 11.1 Å². The number of hydrogen-bond acceptors (Lipinski definition) is 1. The number of benzene rings is 1. The maximum absolute atomic E-state index is 7.17. The molecule has 1 unspecified atom stereocenters. The van der Waals surface area contributed by atoms with Gasteiger partial charge in [-0.05, 0) is 24.0 Å². The Morgan fingerprint density at radius 2 is 2.23 bits per heavy atom. The lowest BCUT2D eigenvalue weighted by Crippen LogP contribution is -2.32. The predicted molar refractivity (Wildman–Crippen MR) is 52.6 cm³/mol. The summed E-state index contributed by atoms with van der Waals surface area (Å²) in [5, 5.41) is 10.1. The summed E-state index contributed by atoms with van der Waals surface area (Å²) in [5.74, 6) is 0.0571. The summed E-state index contributed by atoms with van der Waals surface area (Å²) < 4.78 is 0. The number of nitrogens with one attached hydrogen (secondary N) is 2. The van der Waals surface area contributed by atoms with E-state index < -0.39 is 0 Å². The normalized spacial score (nSPS) is 19.5. The Labute approximate surface area is 77.5 Å². The Morgan fingerprint density at radius 3 is 3.00 bits per heavy atom. The second-order valence-corrected chi connectivity index (χ2v) is 3.35. The van der Waals surface area contributed by atoms with E-state index in [1.165, 1.54) is 11.1 Å². The Bertz CT molecular complexity index is 333. The highest BCUT2D eigenvalue weighted by atomic mass is 15.1. The van der Waals surface area contributed by atoms with Crippen molar-refractivity contribution in [1.29, 1.82) is 5.41 Å². The Kier molecular flexibility index (Phi) is 1.93. The van der Waals surface area contributed by atoms with Crippen molar-refractivity contribution in [2.24, 2.45) is 5.73 Å². The zero-order valence-corrected chi connectivity index (χ0v) is 7.38. The summed E-state index contributed by atoms with van der Waals surface area (Å²) in [7, 11) is 0. The smallest absolute Gasteiger partial charge is 0.186 e. The molecule has 0 saturated heterocycles. The van der Waals surface area contributed by atoms with Crippen LogP contribution in [0.1, 0.15) is 23.6 Å². The van der Waals surface area contributed by atoms with Gasteiger partial charge in [-0.2, -0.15) is 0 Å². The molecule has 0 fully saturated rings. The third-order valence-electron chi connectivity index (χ3n) is 2.46. The van der Waals surface area contributed by atoms with Crippen molar-refractivity contribution >= 4 is 5.96 Å². The molecule has 0 amide bonds. The summed E-state index contributed by atoms with van der Waals surface area (Å²) in [6, 6.07) is 8.56. The van der Waals surface area contributed by atoms with Gasteiger partial charge >= 0.3 is 0 Å². The van der Waals surface area contributed by atoms with Crippen LogP contribution in [0.3, 0.4) is 0 Å². The molecular formula is C10H13N3. The van der Waals surface area contributed by atoms with E-state index >= 15 is 0 Å². The van der Waals surface area contributed by atoms with Crippen LogP contribution >= 0.6 is 0 Å². The van der Waals surface area contributed by atoms with Crippen LogP contribution in [0.2, 0.25) is 0 Å². The number of nitrogens with two attached hydrogens (primary N) is 1. The van der Waals surface area contributed by atoms with Gasteiger partial charge in [-0.25, -0.2) is 0 Å². The number of fused-ring (bicyclic) bond motifs is 1. The summed E-state index contributed by atoms with van der Waals surface area (Å²) >= 11 is 0. The van der Waals surface area contributed by atoms with Crippen molar-refractivity contribution in [1.82, 2.24) is 5.32 Å². The third kappa shape index (κ3) is 1.49. The van der Waals surface area contributed by atoms with Crippen molar-refractivity contribution in [3.63, 3.8) is 0 Å². The SMILES string of the molecule is N=C(N)NC1CCc2ccccc21. The molecule has 13 heavy (non-hydrogen) atoms. The van der Waals surface area contributed by atoms with Crippen molar-refractivity contribution in [2.75, 3.05) is 0 Å². The fourth-order valence-corrected chi connectivity index (χ4v) is 1.89. The summed E-state index contributed by atoms with van der Waals surface area (Å²) in [6.07, 6.45) is 2.13. The molecule has 0 aliphatic heterocycles. The van der Waals surface area contributed by atoms with Crippen LogP contribution in [0, 0.1) is 5.41 Å². The second kappa shape index (κ2) is 3.09. The van der Waals surface area contributed by atoms with E-state index in [0.29, 0.717) is 0 Å². The van der Waals surface area contributed by atoms with Gasteiger partial charge in [-0.3, -0.25) is 5.41 Å². The maximum Gasteiger partial charge on any atom is 0.186 e. The monoisotopic (exact) mass is 175 g/mol. The zero-order valence-electron chi connectivity index (χ0n) is 7.38. The molecule has 3 heteroatoms. The lowest BCUT2D eigenvalue weighted by Gasteiger charge is -2.12. The van der Waals surface area contributed by atoms with E-state index in [1.807, 2.05) is 6.07 Å². The van der Waals surface area contributed by atoms with E-state index in [9.17, 15) is 0 Å². The molecule has 4 N–H and O–H groups in total. The molecule has 0 aromatic heterocycles. The molecule has 1 aromatic rings. The average molecular weight is 175 g/mol. The lowest BCUT2D eigenvalue weighted by molar-refractivity contribution is 0.634. The van der Waals surface area contributed by atoms with Crippen LogP contribution in [0.25, 0.3) is 0 Å². The predicted octanol–water partition coefficient (Wildman–Crippen LogP) is 1.16. The number of hydrogen-bond donors (Lipinski definition) is 3. The third-order valence-corrected chi connectivity index (χ3v) is 2.46. The van der Waals surface area contributed by atoms with Crippen LogP contribution in [-0.2, 0) is 6.42 Å². The van der Waals surface area contributed by atoms with E-state index in [2.05, 4.69) is 23.5 Å². The van der Waals surface area contributed by atoms with Gasteiger partial charge in [0.15, 0.2) is 5.96 Å². The molecule has 0 radical (unpaired) electrons. The Balaban J connectivity index is 2.23. The van der Waals surface area contributed by atoms with E-state index in [-0.39, 0.29) is 12.0 Å². The van der Waals surface area contributed by atoms with E-state index in [4.69, 9.17) is 11.1 Å². The topological polar surface area (TPSA) is 61.9 Å². The first-order valence-corrected chi connectivity index (χ1v) is 4.46. The van der Waals surface area contributed by atoms with Crippen molar-refractivity contribution in [3.05, 3.63) is 35.4 Å². The maximum atomic E-state index is 7.17. The molecular weight excluding hydrogens is 162 g/mol. The fraction of sp³-hybridized carbons (Fsp3) is 0.300. The van der Waals surface area contributed by atoms with Crippen molar-refractivity contribution in [2.45, 2.75) is 18.9 Å². The Morgan fingerprint density at radius 1 is 1.46 bits per heavy atom. The van der Waals surface area contributed by atoms with Gasteiger partial charge in [0, 0.05) is 0 Å². The first-order chi connectivity index (χ1) is 6.27. The highest BCUT2D eigenvalue weighted by molar-refractivity contribution is 5.75. The van der Waals surface area contributed by atoms with Gasteiger partial charge in [0.1, 0.15) is 0 Å². The number of aryl methyl sites for hydroxylation is 1. The van der Waals surface area contributed by atoms with Gasteiger partial charge < -0.3 is 11.1 Å². The van der Waals surface area contributed by atoms with Crippen molar-refractivity contribution in [3.8, 4) is 0 Å². The molecule has 68 valence electrons. The number of rotatable bonds is 1. The molecule has 3 nitrogen and oxygen atoms in total. The summed E-state index contributed by atoms with van der Waals surface area (Å²) in [4.78, 5) is 0. The highest BCUT2D eigenvalue weighted by Gasteiger charge is 2.21.